The fourth-order valence-corrected chi connectivity index (χ4v) is 18.6. The third-order valence-corrected chi connectivity index (χ3v) is 26.1. The molecule has 0 radical (unpaired) electrons. The highest BCUT2D eigenvalue weighted by molar-refractivity contribution is 7.91. The van der Waals surface area contributed by atoms with E-state index in [0.29, 0.717) is 85.4 Å². The summed E-state index contributed by atoms with van der Waals surface area (Å²) in [6.07, 6.45) is 16.6. The van der Waals surface area contributed by atoms with Gasteiger partial charge in [0.15, 0.2) is 11.6 Å². The summed E-state index contributed by atoms with van der Waals surface area (Å²) in [6, 6.07) is 13.1. The van der Waals surface area contributed by atoms with E-state index in [1.54, 1.807) is 68.2 Å². The summed E-state index contributed by atoms with van der Waals surface area (Å²) in [6.45, 7) is 18.9. The topological polar surface area (TPSA) is 317 Å². The zero-order valence-electron chi connectivity index (χ0n) is 63.3. The zero-order chi connectivity index (χ0) is 76.6. The largest absolute Gasteiger partial charge is 0.494 e. The summed E-state index contributed by atoms with van der Waals surface area (Å²) >= 11 is 0. The van der Waals surface area contributed by atoms with E-state index >= 15 is 0 Å². The number of hydrogen-bond acceptors (Lipinski definition) is 20. The van der Waals surface area contributed by atoms with Crippen LogP contribution in [0.25, 0.3) is 21.5 Å². The second-order valence-electron chi connectivity index (χ2n) is 33.2. The number of fused-ring (bicyclic) bond motifs is 6. The SMILES string of the molecule is COc1cnc(O[C@@H]2C[C@H]3C(=O)C[C@]4(C(=O)NS(=O)(=O)C5CC5)C[C@H]4/C=C\[C@@H](C)CCC[C@@H](C)[C@H](CC(=O)OC(C)(C)C)C(=O)N3C2)c2ccccc12.COc1cnc(O[C@@H]2C[C@H]3C(=O)C[C@]4(C(=O)NS(=O)(=O)C5CC5)C[C@H]4/C=C\[C@H](C)CCC[C@@H](C)[C@H](CC(=O)OC(C)(C)C)C(=O)N3C2)c2ccccc12. The van der Waals surface area contributed by atoms with Crippen LogP contribution in [0.15, 0.2) is 85.2 Å². The van der Waals surface area contributed by atoms with Crippen LogP contribution in [0, 0.1) is 58.2 Å². The van der Waals surface area contributed by atoms with Crippen molar-refractivity contribution in [3.8, 4) is 23.3 Å². The average Bonchev–Trinajstić information content (AvgIpc) is 1.58. The van der Waals surface area contributed by atoms with Crippen LogP contribution in [-0.4, -0.2) is 157 Å². The maximum Gasteiger partial charge on any atom is 0.307 e. The van der Waals surface area contributed by atoms with Gasteiger partial charge in [-0.3, -0.25) is 47.8 Å². The minimum atomic E-state index is -3.85. The lowest BCUT2D eigenvalue weighted by atomic mass is 9.84. The molecule has 12 rings (SSSR count). The van der Waals surface area contributed by atoms with Crippen molar-refractivity contribution >= 4 is 88.7 Å². The molecule has 2 N–H and O–H groups in total. The highest BCUT2D eigenvalue weighted by Gasteiger charge is 2.63. The molecule has 0 unspecified atom stereocenters. The van der Waals surface area contributed by atoms with Crippen LogP contribution in [0.1, 0.15) is 185 Å². The summed E-state index contributed by atoms with van der Waals surface area (Å²) in [7, 11) is -4.58. The van der Waals surface area contributed by atoms with Crippen LogP contribution < -0.4 is 28.4 Å². The Morgan fingerprint density at radius 2 is 0.877 bits per heavy atom. The van der Waals surface area contributed by atoms with Crippen LogP contribution in [0.2, 0.25) is 0 Å². The molecule has 6 heterocycles. The fourth-order valence-electron chi connectivity index (χ4n) is 15.9. The fraction of sp³-hybridized carbons (Fsp3) is 0.625. The standard InChI is InChI=1S/2C40H53N3O9S/c2*1-24-10-9-11-25(2)31(19-35(45)52-39(3,4)5)37(46)43-23-27(51-36-30-13-8-7-12-29(30)34(50-6)22-41-36)18-32(43)33(44)21-40(20-26(40)15-14-24)38(47)42-53(48,49)28-16-17-28/h2*7-8,12-15,22,24-28,31-32H,9-11,16-21,23H2,1-6H3,(H,42,47)/b2*15-14-/t24-,25+,26+,27+,31-,32-,40+;24-,25-,26-,27-,31+,32+,40-/m01/s1. The number of sulfonamides is 2. The first kappa shape index (κ1) is 79.1. The van der Waals surface area contributed by atoms with Crippen molar-refractivity contribution in [2.75, 3.05) is 27.3 Å². The number of aromatic nitrogens is 2. The van der Waals surface area contributed by atoms with Gasteiger partial charge < -0.3 is 38.2 Å². The van der Waals surface area contributed by atoms with Crippen LogP contribution >= 0.6 is 0 Å². The third kappa shape index (κ3) is 18.6. The number of ether oxygens (including phenoxy) is 6. The Morgan fingerprint density at radius 1 is 0.519 bits per heavy atom. The smallest absolute Gasteiger partial charge is 0.307 e. The maximum atomic E-state index is 14.8. The van der Waals surface area contributed by atoms with Crippen LogP contribution in [0.3, 0.4) is 0 Å². The molecule has 2 saturated heterocycles. The normalized spacial score (nSPS) is 30.3. The van der Waals surface area contributed by atoms with Gasteiger partial charge in [-0.15, -0.1) is 0 Å². The van der Waals surface area contributed by atoms with E-state index in [2.05, 4.69) is 33.3 Å². The Balaban J connectivity index is 0.000000212. The van der Waals surface area contributed by atoms with Crippen LogP contribution in [0.5, 0.6) is 23.3 Å². The van der Waals surface area contributed by atoms with Gasteiger partial charge in [-0.05, 0) is 153 Å². The number of carbonyl (C=O) groups is 8. The Morgan fingerprint density at radius 3 is 1.22 bits per heavy atom. The first-order valence-electron chi connectivity index (χ1n) is 37.8. The Bertz CT molecular complexity index is 4040. The molecule has 4 amide bonds. The summed E-state index contributed by atoms with van der Waals surface area (Å²) < 4.78 is 91.5. The number of allylic oxidation sites excluding steroid dienone is 4. The number of methoxy groups -OCH3 is 2. The summed E-state index contributed by atoms with van der Waals surface area (Å²) in [4.78, 5) is 125. The quantitative estimate of drug-likeness (QED) is 0.0777. The minimum Gasteiger partial charge on any atom is -0.494 e. The molecule has 4 aliphatic carbocycles. The van der Waals surface area contributed by atoms with Crippen molar-refractivity contribution in [3.05, 3.63) is 85.2 Å². The predicted octanol–water partition coefficient (Wildman–Crippen LogP) is 11.1. The Hall–Kier alpha value is -8.00. The second-order valence-corrected chi connectivity index (χ2v) is 37.1. The molecule has 6 fully saturated rings. The maximum absolute atomic E-state index is 14.8. The molecular weight excluding hydrogens is 1400 g/mol. The van der Waals surface area contributed by atoms with E-state index in [9.17, 15) is 55.2 Å². The molecule has 4 saturated carbocycles. The molecule has 8 aliphatic rings. The van der Waals surface area contributed by atoms with Gasteiger partial charge in [0.05, 0.1) is 97.8 Å². The van der Waals surface area contributed by atoms with Gasteiger partial charge in [0.25, 0.3) is 0 Å². The highest BCUT2D eigenvalue weighted by Crippen LogP contribution is 2.59. The van der Waals surface area contributed by atoms with Crippen LogP contribution in [0.4, 0.5) is 0 Å². The lowest BCUT2D eigenvalue weighted by Gasteiger charge is -2.32. The number of hydrogen-bond donors (Lipinski definition) is 2. The summed E-state index contributed by atoms with van der Waals surface area (Å²) in [5.41, 5.74) is -3.99. The van der Waals surface area contributed by atoms with Crippen molar-refractivity contribution < 1.29 is 83.6 Å². The Labute approximate surface area is 623 Å². The molecule has 4 aliphatic heterocycles. The monoisotopic (exact) mass is 1500 g/mol. The number of esters is 2. The molecule has 24 nitrogen and oxygen atoms in total. The molecule has 14 atom stereocenters. The molecule has 4 aromatic rings. The molecule has 0 bridgehead atoms. The zero-order valence-corrected chi connectivity index (χ0v) is 64.9. The van der Waals surface area contributed by atoms with Crippen LogP contribution in [-0.2, 0) is 67.9 Å². The van der Waals surface area contributed by atoms with Crippen molar-refractivity contribution in [3.63, 3.8) is 0 Å². The number of pyridine rings is 2. The predicted molar refractivity (Wildman–Crippen MR) is 397 cm³/mol. The molecule has 106 heavy (non-hydrogen) atoms. The number of nitrogens with zero attached hydrogens (tertiary/aromatic N) is 4. The van der Waals surface area contributed by atoms with E-state index in [1.165, 1.54) is 9.80 Å². The van der Waals surface area contributed by atoms with Gasteiger partial charge >= 0.3 is 11.9 Å². The number of amides is 4. The Kier molecular flexibility index (Phi) is 23.6. The van der Waals surface area contributed by atoms with Crippen molar-refractivity contribution in [1.29, 1.82) is 0 Å². The van der Waals surface area contributed by atoms with Gasteiger partial charge in [0, 0.05) is 47.2 Å². The number of benzene rings is 2. The average molecular weight is 1500 g/mol. The molecule has 26 heteroatoms. The molecule has 576 valence electrons. The van der Waals surface area contributed by atoms with Gasteiger partial charge in [-0.25, -0.2) is 26.8 Å². The van der Waals surface area contributed by atoms with E-state index in [0.717, 1.165) is 36.5 Å². The van der Waals surface area contributed by atoms with Gasteiger partial charge in [0.1, 0.15) is 34.9 Å². The summed E-state index contributed by atoms with van der Waals surface area (Å²) in [5.74, 6) is -4.14. The van der Waals surface area contributed by atoms with Crippen molar-refractivity contribution in [2.24, 2.45) is 58.2 Å². The van der Waals surface area contributed by atoms with E-state index in [1.807, 2.05) is 86.7 Å². The minimum absolute atomic E-state index is 0.0600. The highest BCUT2D eigenvalue weighted by atomic mass is 32.2. The first-order valence-corrected chi connectivity index (χ1v) is 40.9. The molecule has 2 aromatic heterocycles. The number of carbonyl (C=O) groups excluding carboxylic acids is 8. The first-order chi connectivity index (χ1) is 50.0. The number of nitrogens with one attached hydrogen (secondary N) is 2. The number of ketones is 2. The number of Topliss-reactive ketones (excluding diaryl/α,β-unsaturated/α-hetero) is 2. The van der Waals surface area contributed by atoms with E-state index in [4.69, 9.17) is 28.4 Å². The third-order valence-electron chi connectivity index (χ3n) is 22.4. The van der Waals surface area contributed by atoms with Gasteiger partial charge in [0.2, 0.25) is 55.4 Å². The number of rotatable bonds is 16. The molecule has 2 aromatic carbocycles. The second kappa shape index (κ2) is 31.7. The van der Waals surface area contributed by atoms with Gasteiger partial charge in [-0.2, -0.15) is 0 Å². The van der Waals surface area contributed by atoms with Crippen molar-refractivity contribution in [1.82, 2.24) is 29.2 Å². The summed E-state index contributed by atoms with van der Waals surface area (Å²) in [5, 5.41) is 1.81. The van der Waals surface area contributed by atoms with Crippen molar-refractivity contribution in [2.45, 2.75) is 231 Å². The molecule has 0 spiro atoms. The lowest BCUT2D eigenvalue weighted by Crippen LogP contribution is -2.47. The lowest BCUT2D eigenvalue weighted by molar-refractivity contribution is -0.160. The molecular formula is C80H106N6O18S2. The van der Waals surface area contributed by atoms with E-state index < -0.39 is 112 Å². The van der Waals surface area contributed by atoms with Gasteiger partial charge in [-0.1, -0.05) is 101 Å². The van der Waals surface area contributed by atoms with E-state index in [-0.39, 0.29) is 111 Å².